The predicted molar refractivity (Wildman–Crippen MR) is 77.1 cm³/mol. The Bertz CT molecular complexity index is 674. The number of aromatic nitrogens is 1. The summed E-state index contributed by atoms with van der Waals surface area (Å²) >= 11 is 0. The molecule has 1 aliphatic heterocycles. The molecule has 2 rings (SSSR count). The normalized spacial score (nSPS) is 17.2. The smallest absolute Gasteiger partial charge is 0.281 e. The first-order valence-electron chi connectivity index (χ1n) is 6.48. The third-order valence-electron chi connectivity index (χ3n) is 3.31. The quantitative estimate of drug-likeness (QED) is 0.769. The first-order valence-corrected chi connectivity index (χ1v) is 7.88. The summed E-state index contributed by atoms with van der Waals surface area (Å²) in [4.78, 5) is 27.4. The summed E-state index contributed by atoms with van der Waals surface area (Å²) in [6.07, 6.45) is 0. The number of hydrogen-bond donors (Lipinski definition) is 1. The lowest BCUT2D eigenvalue weighted by atomic mass is 10.3. The standard InChI is InChI=1S/C12H18N4O4S/c1-14(2)21(19,20)16-8-6-15(7-9-16)12(18)10-4-3-5-11(17)13-10/h3-5H,6-9H2,1-2H3,(H,13,17). The number of pyridine rings is 1. The lowest BCUT2D eigenvalue weighted by Crippen LogP contribution is -2.53. The highest BCUT2D eigenvalue weighted by Gasteiger charge is 2.30. The number of H-pyrrole nitrogens is 1. The van der Waals surface area contributed by atoms with Crippen LogP contribution in [-0.4, -0.2) is 73.1 Å². The zero-order valence-electron chi connectivity index (χ0n) is 11.9. The summed E-state index contributed by atoms with van der Waals surface area (Å²) in [5.74, 6) is -0.297. The zero-order chi connectivity index (χ0) is 15.6. The maximum absolute atomic E-state index is 12.2. The van der Waals surface area contributed by atoms with E-state index in [1.807, 2.05) is 0 Å². The molecule has 0 radical (unpaired) electrons. The second-order valence-corrected chi connectivity index (χ2v) is 7.05. The molecular formula is C12H18N4O4S. The van der Waals surface area contributed by atoms with Gasteiger partial charge < -0.3 is 9.88 Å². The van der Waals surface area contributed by atoms with Crippen molar-refractivity contribution in [1.82, 2.24) is 18.5 Å². The molecule has 1 fully saturated rings. The van der Waals surface area contributed by atoms with E-state index in [1.54, 1.807) is 0 Å². The van der Waals surface area contributed by atoms with Gasteiger partial charge in [0.05, 0.1) is 0 Å². The van der Waals surface area contributed by atoms with E-state index < -0.39 is 10.2 Å². The van der Waals surface area contributed by atoms with Gasteiger partial charge in [-0.15, -0.1) is 0 Å². The Balaban J connectivity index is 2.05. The van der Waals surface area contributed by atoms with Gasteiger partial charge in [-0.3, -0.25) is 9.59 Å². The van der Waals surface area contributed by atoms with E-state index >= 15 is 0 Å². The third-order valence-corrected chi connectivity index (χ3v) is 5.25. The van der Waals surface area contributed by atoms with Crippen LogP contribution in [0.5, 0.6) is 0 Å². The summed E-state index contributed by atoms with van der Waals surface area (Å²) in [6.45, 7) is 1.07. The van der Waals surface area contributed by atoms with Gasteiger partial charge in [0.15, 0.2) is 0 Å². The van der Waals surface area contributed by atoms with Crippen LogP contribution in [0.25, 0.3) is 0 Å². The SMILES string of the molecule is CN(C)S(=O)(=O)N1CCN(C(=O)c2cccc(=O)[nH]2)CC1. The number of aromatic amines is 1. The lowest BCUT2D eigenvalue weighted by Gasteiger charge is -2.35. The minimum Gasteiger partial charge on any atom is -0.335 e. The molecule has 0 aromatic carbocycles. The van der Waals surface area contributed by atoms with Gasteiger partial charge in [-0.2, -0.15) is 17.0 Å². The molecular weight excluding hydrogens is 296 g/mol. The fourth-order valence-electron chi connectivity index (χ4n) is 2.10. The summed E-state index contributed by atoms with van der Waals surface area (Å²) in [6, 6.07) is 4.38. The lowest BCUT2D eigenvalue weighted by molar-refractivity contribution is 0.0689. The fourth-order valence-corrected chi connectivity index (χ4v) is 3.18. The van der Waals surface area contributed by atoms with Crippen molar-refractivity contribution in [2.45, 2.75) is 0 Å². The van der Waals surface area contributed by atoms with Crippen molar-refractivity contribution in [1.29, 1.82) is 0 Å². The topological polar surface area (TPSA) is 93.8 Å². The van der Waals surface area contributed by atoms with E-state index in [0.717, 1.165) is 4.31 Å². The van der Waals surface area contributed by atoms with Crippen molar-refractivity contribution in [3.8, 4) is 0 Å². The molecule has 0 bridgehead atoms. The monoisotopic (exact) mass is 314 g/mol. The van der Waals surface area contributed by atoms with Crippen molar-refractivity contribution < 1.29 is 13.2 Å². The number of piperazine rings is 1. The average molecular weight is 314 g/mol. The van der Waals surface area contributed by atoms with Crippen LogP contribution < -0.4 is 5.56 Å². The summed E-state index contributed by atoms with van der Waals surface area (Å²) < 4.78 is 26.4. The minimum atomic E-state index is -3.45. The Morgan fingerprint density at radius 1 is 1.19 bits per heavy atom. The molecule has 2 heterocycles. The molecule has 1 aromatic heterocycles. The first-order chi connectivity index (χ1) is 9.82. The van der Waals surface area contributed by atoms with Crippen LogP contribution >= 0.6 is 0 Å². The molecule has 1 aliphatic rings. The number of rotatable bonds is 3. The van der Waals surface area contributed by atoms with Crippen LogP contribution in [0.1, 0.15) is 10.5 Å². The van der Waals surface area contributed by atoms with Crippen LogP contribution in [0, 0.1) is 0 Å². The number of carbonyl (C=O) groups is 1. The molecule has 1 aromatic rings. The number of nitrogens with one attached hydrogen (secondary N) is 1. The molecule has 9 heteroatoms. The Labute approximate surface area is 123 Å². The summed E-state index contributed by atoms with van der Waals surface area (Å²) in [5.41, 5.74) is -0.124. The van der Waals surface area contributed by atoms with E-state index in [2.05, 4.69) is 4.98 Å². The van der Waals surface area contributed by atoms with Gasteiger partial charge in [0.1, 0.15) is 5.69 Å². The highest BCUT2D eigenvalue weighted by Crippen LogP contribution is 2.11. The molecule has 0 spiro atoms. The molecule has 1 saturated heterocycles. The number of hydrogen-bond acceptors (Lipinski definition) is 4. The fraction of sp³-hybridized carbons (Fsp3) is 0.500. The Morgan fingerprint density at radius 3 is 2.33 bits per heavy atom. The van der Waals surface area contributed by atoms with Crippen molar-refractivity contribution in [2.75, 3.05) is 40.3 Å². The minimum absolute atomic E-state index is 0.214. The van der Waals surface area contributed by atoms with Crippen molar-refractivity contribution in [2.24, 2.45) is 0 Å². The van der Waals surface area contributed by atoms with E-state index in [9.17, 15) is 18.0 Å². The average Bonchev–Trinajstić information content (AvgIpc) is 2.46. The second kappa shape index (κ2) is 5.96. The zero-order valence-corrected chi connectivity index (χ0v) is 12.8. The van der Waals surface area contributed by atoms with Gasteiger partial charge in [-0.05, 0) is 6.07 Å². The van der Waals surface area contributed by atoms with Crippen LogP contribution in [0.3, 0.4) is 0 Å². The Morgan fingerprint density at radius 2 is 1.81 bits per heavy atom. The number of carbonyl (C=O) groups excluding carboxylic acids is 1. The predicted octanol–water partition coefficient (Wildman–Crippen LogP) is -1.06. The van der Waals surface area contributed by atoms with E-state index in [4.69, 9.17) is 0 Å². The van der Waals surface area contributed by atoms with E-state index in [-0.39, 0.29) is 30.2 Å². The summed E-state index contributed by atoms with van der Waals surface area (Å²) in [7, 11) is -0.502. The molecule has 1 N–H and O–H groups in total. The molecule has 21 heavy (non-hydrogen) atoms. The molecule has 8 nitrogen and oxygen atoms in total. The number of amides is 1. The van der Waals surface area contributed by atoms with Gasteiger partial charge in [0, 0.05) is 46.3 Å². The van der Waals surface area contributed by atoms with E-state index in [0.29, 0.717) is 13.1 Å². The van der Waals surface area contributed by atoms with Gasteiger partial charge in [-0.1, -0.05) is 6.07 Å². The van der Waals surface area contributed by atoms with Crippen molar-refractivity contribution in [3.63, 3.8) is 0 Å². The van der Waals surface area contributed by atoms with Crippen LogP contribution in [0.2, 0.25) is 0 Å². The molecule has 116 valence electrons. The third kappa shape index (κ3) is 3.31. The molecule has 0 atom stereocenters. The van der Waals surface area contributed by atoms with Gasteiger partial charge >= 0.3 is 0 Å². The molecule has 0 aliphatic carbocycles. The molecule has 1 amide bonds. The van der Waals surface area contributed by atoms with Gasteiger partial charge in [-0.25, -0.2) is 0 Å². The maximum Gasteiger partial charge on any atom is 0.281 e. The highest BCUT2D eigenvalue weighted by atomic mass is 32.2. The Hall–Kier alpha value is -1.71. The van der Waals surface area contributed by atoms with Crippen LogP contribution in [-0.2, 0) is 10.2 Å². The van der Waals surface area contributed by atoms with Crippen molar-refractivity contribution >= 4 is 16.1 Å². The van der Waals surface area contributed by atoms with Crippen LogP contribution in [0.4, 0.5) is 0 Å². The molecule has 0 unspecified atom stereocenters. The van der Waals surface area contributed by atoms with Crippen molar-refractivity contribution in [3.05, 3.63) is 34.2 Å². The van der Waals surface area contributed by atoms with Gasteiger partial charge in [0.2, 0.25) is 5.56 Å². The molecule has 0 saturated carbocycles. The van der Waals surface area contributed by atoms with Crippen LogP contribution in [0.15, 0.2) is 23.0 Å². The largest absolute Gasteiger partial charge is 0.335 e. The first kappa shape index (κ1) is 15.7. The summed E-state index contributed by atoms with van der Waals surface area (Å²) in [5, 5.41) is 0. The maximum atomic E-state index is 12.2. The number of nitrogens with zero attached hydrogens (tertiary/aromatic N) is 3. The Kier molecular flexibility index (Phi) is 4.45. The second-order valence-electron chi connectivity index (χ2n) is 4.91. The van der Waals surface area contributed by atoms with Gasteiger partial charge in [0.25, 0.3) is 16.1 Å². The highest BCUT2D eigenvalue weighted by molar-refractivity contribution is 7.86. The van der Waals surface area contributed by atoms with E-state index in [1.165, 1.54) is 41.5 Å².